The Labute approximate surface area is 119 Å². The van der Waals surface area contributed by atoms with E-state index in [1.54, 1.807) is 12.3 Å². The van der Waals surface area contributed by atoms with E-state index in [4.69, 9.17) is 5.73 Å². The number of nitrogens with one attached hydrogen (secondary N) is 1. The number of benzene rings is 1. The summed E-state index contributed by atoms with van der Waals surface area (Å²) in [5.74, 6) is 0.567. The molecular weight excluding hydrogens is 309 g/mol. The number of nitrogens with two attached hydrogens (primary N) is 1. The molecule has 0 unspecified atom stereocenters. The molecule has 2 aromatic rings. The minimum Gasteiger partial charge on any atom is -0.340 e. The number of hydrogen-bond acceptors (Lipinski definition) is 2. The first-order chi connectivity index (χ1) is 9.08. The summed E-state index contributed by atoms with van der Waals surface area (Å²) in [5, 5.41) is 0. The van der Waals surface area contributed by atoms with Gasteiger partial charge in [0.2, 0.25) is 0 Å². The van der Waals surface area contributed by atoms with Crippen LogP contribution in [0.15, 0.2) is 28.9 Å². The lowest BCUT2D eigenvalue weighted by atomic mass is 9.99. The van der Waals surface area contributed by atoms with Gasteiger partial charge in [-0.05, 0) is 47.0 Å². The Morgan fingerprint density at radius 3 is 2.74 bits per heavy atom. The van der Waals surface area contributed by atoms with Gasteiger partial charge in [0.15, 0.2) is 0 Å². The molecule has 3 nitrogen and oxygen atoms in total. The van der Waals surface area contributed by atoms with Crippen molar-refractivity contribution in [3.63, 3.8) is 0 Å². The standard InChI is InChI=1S/C14H15BrFN3/c15-11-7-9(16)3-4-10(11)12-8-18-13(19-12)14(17)5-1-2-6-14/h3-4,7-8H,1-2,5-6,17H2,(H,18,19). The van der Waals surface area contributed by atoms with Gasteiger partial charge in [-0.3, -0.25) is 0 Å². The number of halogens is 2. The SMILES string of the molecule is NC1(c2ncc(-c3ccc(F)cc3Br)[nH]2)CCCC1. The van der Waals surface area contributed by atoms with Crippen molar-refractivity contribution >= 4 is 15.9 Å². The minimum atomic E-state index is -0.329. The molecule has 0 radical (unpaired) electrons. The molecule has 0 spiro atoms. The number of H-pyrrole nitrogens is 1. The molecular formula is C14H15BrFN3. The first kappa shape index (κ1) is 12.8. The van der Waals surface area contributed by atoms with Gasteiger partial charge in [-0.2, -0.15) is 0 Å². The molecule has 1 saturated carbocycles. The van der Waals surface area contributed by atoms with Gasteiger partial charge in [-0.25, -0.2) is 9.37 Å². The van der Waals surface area contributed by atoms with Gasteiger partial charge in [-0.1, -0.05) is 12.8 Å². The third kappa shape index (κ3) is 2.32. The molecule has 1 aromatic heterocycles. The summed E-state index contributed by atoms with van der Waals surface area (Å²) < 4.78 is 13.8. The monoisotopic (exact) mass is 323 g/mol. The third-order valence-corrected chi connectivity index (χ3v) is 4.42. The van der Waals surface area contributed by atoms with Crippen molar-refractivity contribution in [2.45, 2.75) is 31.2 Å². The Balaban J connectivity index is 1.97. The maximum Gasteiger partial charge on any atom is 0.126 e. The van der Waals surface area contributed by atoms with E-state index < -0.39 is 0 Å². The third-order valence-electron chi connectivity index (χ3n) is 3.76. The summed E-state index contributed by atoms with van der Waals surface area (Å²) in [6.07, 6.45) is 5.98. The van der Waals surface area contributed by atoms with Crippen LogP contribution in [-0.2, 0) is 5.54 Å². The lowest BCUT2D eigenvalue weighted by molar-refractivity contribution is 0.436. The average Bonchev–Trinajstić information content (AvgIpc) is 2.99. The maximum absolute atomic E-state index is 13.1. The second kappa shape index (κ2) is 4.72. The number of nitrogens with zero attached hydrogens (tertiary/aromatic N) is 1. The number of aromatic amines is 1. The van der Waals surface area contributed by atoms with E-state index in [-0.39, 0.29) is 11.4 Å². The average molecular weight is 324 g/mol. The second-order valence-corrected chi connectivity index (χ2v) is 5.99. The fourth-order valence-corrected chi connectivity index (χ4v) is 3.23. The normalized spacial score (nSPS) is 17.8. The van der Waals surface area contributed by atoms with Crippen molar-refractivity contribution in [3.05, 3.63) is 40.5 Å². The van der Waals surface area contributed by atoms with E-state index >= 15 is 0 Å². The Kier molecular flexibility index (Phi) is 3.19. The van der Waals surface area contributed by atoms with Crippen LogP contribution in [0.4, 0.5) is 4.39 Å². The molecule has 5 heteroatoms. The molecule has 1 fully saturated rings. The minimum absolute atomic E-state index is 0.263. The van der Waals surface area contributed by atoms with Gasteiger partial charge < -0.3 is 10.7 Å². The predicted molar refractivity (Wildman–Crippen MR) is 76.0 cm³/mol. The van der Waals surface area contributed by atoms with Gasteiger partial charge in [0.1, 0.15) is 11.6 Å². The summed E-state index contributed by atoms with van der Waals surface area (Å²) in [7, 11) is 0. The lowest BCUT2D eigenvalue weighted by Crippen LogP contribution is -2.34. The highest BCUT2D eigenvalue weighted by Crippen LogP contribution is 2.36. The van der Waals surface area contributed by atoms with Crippen LogP contribution in [0.2, 0.25) is 0 Å². The molecule has 0 atom stereocenters. The van der Waals surface area contributed by atoms with E-state index in [0.29, 0.717) is 4.47 Å². The first-order valence-corrected chi connectivity index (χ1v) is 7.18. The summed E-state index contributed by atoms with van der Waals surface area (Å²) in [6, 6.07) is 4.62. The quantitative estimate of drug-likeness (QED) is 0.885. The van der Waals surface area contributed by atoms with Crippen LogP contribution in [0.25, 0.3) is 11.3 Å². The highest BCUT2D eigenvalue weighted by molar-refractivity contribution is 9.10. The van der Waals surface area contributed by atoms with Crippen LogP contribution in [0.3, 0.4) is 0 Å². The van der Waals surface area contributed by atoms with Crippen LogP contribution < -0.4 is 5.73 Å². The number of rotatable bonds is 2. The Bertz CT molecular complexity index is 602. The molecule has 3 N–H and O–H groups in total. The molecule has 100 valence electrons. The molecule has 19 heavy (non-hydrogen) atoms. The molecule has 0 saturated heterocycles. The summed E-state index contributed by atoms with van der Waals surface area (Å²) in [5.41, 5.74) is 7.79. The summed E-state index contributed by atoms with van der Waals surface area (Å²) in [6.45, 7) is 0. The first-order valence-electron chi connectivity index (χ1n) is 6.38. The molecule has 0 aliphatic heterocycles. The zero-order valence-corrected chi connectivity index (χ0v) is 12.0. The van der Waals surface area contributed by atoms with Crippen molar-refractivity contribution < 1.29 is 4.39 Å². The highest BCUT2D eigenvalue weighted by Gasteiger charge is 2.34. The van der Waals surface area contributed by atoms with Crippen LogP contribution in [0, 0.1) is 5.82 Å². The molecule has 1 aromatic carbocycles. The van der Waals surface area contributed by atoms with E-state index in [0.717, 1.165) is 42.8 Å². The Hall–Kier alpha value is -1.20. The van der Waals surface area contributed by atoms with Crippen LogP contribution in [0.1, 0.15) is 31.5 Å². The van der Waals surface area contributed by atoms with Gasteiger partial charge in [0.25, 0.3) is 0 Å². The summed E-state index contributed by atoms with van der Waals surface area (Å²) in [4.78, 5) is 7.70. The molecule has 0 amide bonds. The van der Waals surface area contributed by atoms with Crippen LogP contribution in [-0.4, -0.2) is 9.97 Å². The van der Waals surface area contributed by atoms with E-state index in [1.807, 2.05) is 0 Å². The Morgan fingerprint density at radius 1 is 1.32 bits per heavy atom. The van der Waals surface area contributed by atoms with Crippen molar-refractivity contribution in [2.75, 3.05) is 0 Å². The molecule has 1 aliphatic rings. The van der Waals surface area contributed by atoms with Crippen molar-refractivity contribution in [3.8, 4) is 11.3 Å². The van der Waals surface area contributed by atoms with Gasteiger partial charge >= 0.3 is 0 Å². The predicted octanol–water partition coefficient (Wildman–Crippen LogP) is 3.71. The fraction of sp³-hybridized carbons (Fsp3) is 0.357. The van der Waals surface area contributed by atoms with Gasteiger partial charge in [-0.15, -0.1) is 0 Å². The Morgan fingerprint density at radius 2 is 2.05 bits per heavy atom. The van der Waals surface area contributed by atoms with Gasteiger partial charge in [0.05, 0.1) is 17.4 Å². The van der Waals surface area contributed by atoms with Crippen LogP contribution >= 0.6 is 15.9 Å². The molecule has 1 aliphatic carbocycles. The van der Waals surface area contributed by atoms with Crippen molar-refractivity contribution in [2.24, 2.45) is 5.73 Å². The lowest BCUT2D eigenvalue weighted by Gasteiger charge is -2.20. The highest BCUT2D eigenvalue weighted by atomic mass is 79.9. The molecule has 0 bridgehead atoms. The van der Waals surface area contributed by atoms with Crippen molar-refractivity contribution in [1.29, 1.82) is 0 Å². The number of hydrogen-bond donors (Lipinski definition) is 2. The van der Waals surface area contributed by atoms with E-state index in [9.17, 15) is 4.39 Å². The smallest absolute Gasteiger partial charge is 0.126 e. The van der Waals surface area contributed by atoms with Gasteiger partial charge in [0, 0.05) is 10.0 Å². The number of imidazole rings is 1. The topological polar surface area (TPSA) is 54.7 Å². The second-order valence-electron chi connectivity index (χ2n) is 5.13. The zero-order chi connectivity index (χ0) is 13.5. The maximum atomic E-state index is 13.1. The summed E-state index contributed by atoms with van der Waals surface area (Å²) >= 11 is 3.37. The van der Waals surface area contributed by atoms with E-state index in [2.05, 4.69) is 25.9 Å². The van der Waals surface area contributed by atoms with E-state index in [1.165, 1.54) is 12.1 Å². The molecule has 1 heterocycles. The largest absolute Gasteiger partial charge is 0.340 e. The number of aromatic nitrogens is 2. The fourth-order valence-electron chi connectivity index (χ4n) is 2.66. The van der Waals surface area contributed by atoms with Crippen LogP contribution in [0.5, 0.6) is 0 Å². The molecule has 3 rings (SSSR count). The van der Waals surface area contributed by atoms with Crippen molar-refractivity contribution in [1.82, 2.24) is 9.97 Å². The zero-order valence-electron chi connectivity index (χ0n) is 10.4.